The highest BCUT2D eigenvalue weighted by Crippen LogP contribution is 2.61. The molecule has 2 heterocycles. The highest BCUT2D eigenvalue weighted by atomic mass is 32.2. The van der Waals surface area contributed by atoms with Crippen molar-refractivity contribution in [2.45, 2.75) is 63.2 Å². The van der Waals surface area contributed by atoms with Crippen LogP contribution in [0.3, 0.4) is 0 Å². The predicted molar refractivity (Wildman–Crippen MR) is 138 cm³/mol. The molecule has 0 radical (unpaired) electrons. The van der Waals surface area contributed by atoms with Gasteiger partial charge >= 0.3 is 0 Å². The van der Waals surface area contributed by atoms with E-state index in [0.717, 1.165) is 23.3 Å². The quantitative estimate of drug-likeness (QED) is 0.387. The van der Waals surface area contributed by atoms with Gasteiger partial charge in [0.15, 0.2) is 5.16 Å². The summed E-state index contributed by atoms with van der Waals surface area (Å²) in [6, 6.07) is 11.4. The number of benzene rings is 1. The zero-order chi connectivity index (χ0) is 24.0. The van der Waals surface area contributed by atoms with E-state index in [2.05, 4.69) is 17.2 Å². The minimum Gasteiger partial charge on any atom is -0.352 e. The molecule has 0 aliphatic heterocycles. The van der Waals surface area contributed by atoms with E-state index in [-0.39, 0.29) is 28.7 Å². The Kier molecular flexibility index (Phi) is 5.91. The van der Waals surface area contributed by atoms with Gasteiger partial charge in [0.05, 0.1) is 23.2 Å². The second-order valence-corrected chi connectivity index (χ2v) is 12.0. The average Bonchev–Trinajstić information content (AvgIpc) is 2.84. The van der Waals surface area contributed by atoms with Crippen LogP contribution in [-0.2, 0) is 11.3 Å². The molecule has 4 bridgehead atoms. The van der Waals surface area contributed by atoms with Gasteiger partial charge in [0.25, 0.3) is 5.56 Å². The molecule has 4 aliphatic carbocycles. The van der Waals surface area contributed by atoms with Gasteiger partial charge in [-0.3, -0.25) is 19.1 Å². The molecular formula is C28H32N4O2S. The topological polar surface area (TPSA) is 76.9 Å². The second-order valence-electron chi connectivity index (χ2n) is 11.0. The van der Waals surface area contributed by atoms with E-state index >= 15 is 0 Å². The molecule has 7 heteroatoms. The van der Waals surface area contributed by atoms with Gasteiger partial charge in [-0.1, -0.05) is 23.9 Å². The number of nitrogens with zero attached hydrogens (tertiary/aromatic N) is 3. The molecular weight excluding hydrogens is 456 g/mol. The van der Waals surface area contributed by atoms with Crippen molar-refractivity contribution in [3.63, 3.8) is 0 Å². The Bertz CT molecular complexity index is 1270. The third-order valence-electron chi connectivity index (χ3n) is 8.63. The number of para-hydroxylation sites is 1. The Morgan fingerprint density at radius 1 is 1.09 bits per heavy atom. The SMILES string of the molecule is C[C@@H](NC(=O)CSc1nc2ccccc2c(=O)n1Cc1ccncc1)C12CC3CC(CC(C3)C1)C2. The number of aromatic nitrogens is 3. The summed E-state index contributed by atoms with van der Waals surface area (Å²) in [6.07, 6.45) is 11.5. The number of amides is 1. The van der Waals surface area contributed by atoms with Gasteiger partial charge in [0.1, 0.15) is 0 Å². The Morgan fingerprint density at radius 3 is 2.43 bits per heavy atom. The van der Waals surface area contributed by atoms with Crippen molar-refractivity contribution in [1.82, 2.24) is 19.9 Å². The van der Waals surface area contributed by atoms with Crippen LogP contribution in [0.4, 0.5) is 0 Å². The molecule has 1 aromatic carbocycles. The van der Waals surface area contributed by atoms with E-state index in [4.69, 9.17) is 4.98 Å². The monoisotopic (exact) mass is 488 g/mol. The normalized spacial score (nSPS) is 27.7. The van der Waals surface area contributed by atoms with E-state index in [1.807, 2.05) is 36.4 Å². The molecule has 6 nitrogen and oxygen atoms in total. The van der Waals surface area contributed by atoms with Crippen LogP contribution >= 0.6 is 11.8 Å². The van der Waals surface area contributed by atoms with Gasteiger partial charge in [-0.05, 0) is 98.4 Å². The van der Waals surface area contributed by atoms with E-state index in [1.54, 1.807) is 17.0 Å². The summed E-state index contributed by atoms with van der Waals surface area (Å²) in [5.41, 5.74) is 1.83. The van der Waals surface area contributed by atoms with Crippen molar-refractivity contribution >= 4 is 28.6 Å². The van der Waals surface area contributed by atoms with Crippen molar-refractivity contribution in [3.05, 3.63) is 64.7 Å². The number of thioether (sulfide) groups is 1. The summed E-state index contributed by atoms with van der Waals surface area (Å²) in [5.74, 6) is 2.85. The summed E-state index contributed by atoms with van der Waals surface area (Å²) >= 11 is 1.35. The molecule has 35 heavy (non-hydrogen) atoms. The number of carbonyl (C=O) groups excluding carboxylic acids is 1. The highest BCUT2D eigenvalue weighted by Gasteiger charge is 2.53. The summed E-state index contributed by atoms with van der Waals surface area (Å²) in [5, 5.41) is 4.51. The van der Waals surface area contributed by atoms with Crippen LogP contribution < -0.4 is 10.9 Å². The maximum atomic E-state index is 13.3. The number of rotatable bonds is 7. The van der Waals surface area contributed by atoms with Gasteiger partial charge in [-0.25, -0.2) is 4.98 Å². The van der Waals surface area contributed by atoms with Crippen molar-refractivity contribution in [1.29, 1.82) is 0 Å². The molecule has 4 aliphatic rings. The number of hydrogen-bond acceptors (Lipinski definition) is 5. The van der Waals surface area contributed by atoms with Crippen LogP contribution in [0.5, 0.6) is 0 Å². The largest absolute Gasteiger partial charge is 0.352 e. The minimum absolute atomic E-state index is 0.0242. The Balaban J connectivity index is 1.19. The predicted octanol–water partition coefficient (Wildman–Crippen LogP) is 4.65. The summed E-state index contributed by atoms with van der Waals surface area (Å²) in [7, 11) is 0. The molecule has 1 atom stereocenters. The lowest BCUT2D eigenvalue weighted by Gasteiger charge is -2.59. The maximum Gasteiger partial charge on any atom is 0.262 e. The Morgan fingerprint density at radius 2 is 1.74 bits per heavy atom. The smallest absolute Gasteiger partial charge is 0.262 e. The summed E-state index contributed by atoms with van der Waals surface area (Å²) < 4.78 is 1.68. The van der Waals surface area contributed by atoms with Gasteiger partial charge in [0, 0.05) is 18.4 Å². The van der Waals surface area contributed by atoms with E-state index in [9.17, 15) is 9.59 Å². The van der Waals surface area contributed by atoms with E-state index < -0.39 is 0 Å². The van der Waals surface area contributed by atoms with Crippen LogP contribution in [0, 0.1) is 23.2 Å². The van der Waals surface area contributed by atoms with Crippen LogP contribution in [-0.4, -0.2) is 32.2 Å². The van der Waals surface area contributed by atoms with Crippen molar-refractivity contribution in [2.75, 3.05) is 5.75 Å². The zero-order valence-corrected chi connectivity index (χ0v) is 21.0. The summed E-state index contributed by atoms with van der Waals surface area (Å²) in [4.78, 5) is 35.3. The number of pyridine rings is 1. The molecule has 7 rings (SSSR count). The molecule has 2 aromatic heterocycles. The lowest BCUT2D eigenvalue weighted by atomic mass is 9.48. The Labute approximate surface area is 209 Å². The first kappa shape index (κ1) is 22.8. The van der Waals surface area contributed by atoms with Crippen LogP contribution in [0.2, 0.25) is 0 Å². The number of fused-ring (bicyclic) bond motifs is 1. The molecule has 3 aromatic rings. The maximum absolute atomic E-state index is 13.3. The van der Waals surface area contributed by atoms with E-state index in [1.165, 1.54) is 50.3 Å². The van der Waals surface area contributed by atoms with E-state index in [0.29, 0.717) is 22.6 Å². The van der Waals surface area contributed by atoms with Gasteiger partial charge in [-0.2, -0.15) is 0 Å². The number of nitrogens with one attached hydrogen (secondary N) is 1. The molecule has 1 amide bonds. The third kappa shape index (κ3) is 4.39. The molecule has 0 unspecified atom stereocenters. The van der Waals surface area contributed by atoms with Crippen molar-refractivity contribution < 1.29 is 4.79 Å². The van der Waals surface area contributed by atoms with Crippen LogP contribution in [0.25, 0.3) is 10.9 Å². The standard InChI is InChI=1S/C28H32N4O2S/c1-18(28-13-20-10-21(14-28)12-22(11-20)15-28)30-25(33)17-35-27-31-24-5-3-2-4-23(24)26(34)32(27)16-19-6-8-29-9-7-19/h2-9,18,20-22H,10-17H2,1H3,(H,30,33)/t18-,20?,21?,22?,28?/m1/s1. The lowest BCUT2D eigenvalue weighted by Crippen LogP contribution is -2.56. The molecule has 0 spiro atoms. The first-order valence-electron chi connectivity index (χ1n) is 12.8. The Hall–Kier alpha value is -2.67. The second kappa shape index (κ2) is 9.08. The average molecular weight is 489 g/mol. The molecule has 4 fully saturated rings. The van der Waals surface area contributed by atoms with Crippen LogP contribution in [0.1, 0.15) is 51.0 Å². The van der Waals surface area contributed by atoms with Crippen molar-refractivity contribution in [2.24, 2.45) is 23.2 Å². The molecule has 182 valence electrons. The fourth-order valence-corrected chi connectivity index (χ4v) is 8.15. The van der Waals surface area contributed by atoms with Crippen LogP contribution in [0.15, 0.2) is 58.7 Å². The summed E-state index contributed by atoms with van der Waals surface area (Å²) in [6.45, 7) is 2.61. The lowest BCUT2D eigenvalue weighted by molar-refractivity contribution is -0.123. The first-order valence-corrected chi connectivity index (χ1v) is 13.8. The molecule has 1 N–H and O–H groups in total. The molecule has 4 saturated carbocycles. The fourth-order valence-electron chi connectivity index (χ4n) is 7.34. The van der Waals surface area contributed by atoms with Crippen molar-refractivity contribution in [3.8, 4) is 0 Å². The minimum atomic E-state index is -0.0859. The highest BCUT2D eigenvalue weighted by molar-refractivity contribution is 7.99. The number of hydrogen-bond donors (Lipinski definition) is 1. The van der Waals surface area contributed by atoms with Gasteiger partial charge in [0.2, 0.25) is 5.91 Å². The molecule has 0 saturated heterocycles. The zero-order valence-electron chi connectivity index (χ0n) is 20.2. The van der Waals surface area contributed by atoms with Gasteiger partial charge in [-0.15, -0.1) is 0 Å². The number of carbonyl (C=O) groups is 1. The van der Waals surface area contributed by atoms with Gasteiger partial charge < -0.3 is 5.32 Å². The fraction of sp³-hybridized carbons (Fsp3) is 0.500. The first-order chi connectivity index (χ1) is 17.0. The third-order valence-corrected chi connectivity index (χ3v) is 9.61.